The van der Waals surface area contributed by atoms with Crippen molar-refractivity contribution >= 4 is 32.8 Å². The molecule has 0 aliphatic carbocycles. The Morgan fingerprint density at radius 1 is 1.47 bits per heavy atom. The van der Waals surface area contributed by atoms with Crippen LogP contribution in [-0.4, -0.2) is 36.5 Å². The molecule has 1 N–H and O–H groups in total. The van der Waals surface area contributed by atoms with Crippen LogP contribution in [-0.2, 0) is 0 Å². The summed E-state index contributed by atoms with van der Waals surface area (Å²) in [4.78, 5) is 14.3. The summed E-state index contributed by atoms with van der Waals surface area (Å²) in [5.41, 5.74) is 0.745. The van der Waals surface area contributed by atoms with Crippen LogP contribution in [0.25, 0.3) is 11.0 Å². The molecule has 0 radical (unpaired) electrons. The topological polar surface area (TPSA) is 45.5 Å². The minimum absolute atomic E-state index is 0.0266. The van der Waals surface area contributed by atoms with Crippen molar-refractivity contribution in [3.8, 4) is 0 Å². The Morgan fingerprint density at radius 2 is 2.32 bits per heavy atom. The van der Waals surface area contributed by atoms with Gasteiger partial charge >= 0.3 is 0 Å². The zero-order valence-electron chi connectivity index (χ0n) is 10.6. The van der Waals surface area contributed by atoms with Crippen LogP contribution in [0.4, 0.5) is 0 Å². The number of nitrogens with zero attached hydrogens (tertiary/aromatic N) is 1. The number of furan rings is 1. The SMILES string of the molecule is C[C@H]1CNCCN1C(=O)c1cc2cc(Br)ccc2o1. The Bertz CT molecular complexity index is 623. The van der Waals surface area contributed by atoms with E-state index in [1.54, 1.807) is 0 Å². The molecule has 2 heterocycles. The molecule has 3 rings (SSSR count). The Labute approximate surface area is 119 Å². The second-order valence-corrected chi connectivity index (χ2v) is 5.76. The Kier molecular flexibility index (Phi) is 3.33. The zero-order valence-corrected chi connectivity index (χ0v) is 12.2. The maximum absolute atomic E-state index is 12.5. The molecule has 5 heteroatoms. The molecule has 1 aliphatic rings. The molecule has 1 saturated heterocycles. The molecule has 0 spiro atoms. The van der Waals surface area contributed by atoms with Gasteiger partial charge in [0.2, 0.25) is 0 Å². The number of hydrogen-bond acceptors (Lipinski definition) is 3. The highest BCUT2D eigenvalue weighted by Crippen LogP contribution is 2.24. The highest BCUT2D eigenvalue weighted by atomic mass is 79.9. The third-order valence-corrected chi connectivity index (χ3v) is 3.94. The first-order valence-electron chi connectivity index (χ1n) is 6.36. The van der Waals surface area contributed by atoms with Crippen LogP contribution >= 0.6 is 15.9 Å². The predicted molar refractivity (Wildman–Crippen MR) is 77.3 cm³/mol. The lowest BCUT2D eigenvalue weighted by molar-refractivity contribution is 0.0625. The van der Waals surface area contributed by atoms with Gasteiger partial charge in [0.15, 0.2) is 5.76 Å². The molecule has 19 heavy (non-hydrogen) atoms. The standard InChI is InChI=1S/C14H15BrN2O2/c1-9-8-16-4-5-17(9)14(18)13-7-10-6-11(15)2-3-12(10)19-13/h2-3,6-7,9,16H,4-5,8H2,1H3/t9-/m0/s1. The third kappa shape index (κ3) is 2.40. The summed E-state index contributed by atoms with van der Waals surface area (Å²) in [6.07, 6.45) is 0. The molecule has 1 atom stereocenters. The molecule has 0 unspecified atom stereocenters. The molecule has 1 aromatic heterocycles. The summed E-state index contributed by atoms with van der Waals surface area (Å²) in [5, 5.41) is 4.22. The molecule has 2 aromatic rings. The minimum atomic E-state index is -0.0266. The van der Waals surface area contributed by atoms with Gasteiger partial charge in [0.05, 0.1) is 0 Å². The minimum Gasteiger partial charge on any atom is -0.451 e. The number of hydrogen-bond donors (Lipinski definition) is 1. The first-order chi connectivity index (χ1) is 9.15. The van der Waals surface area contributed by atoms with Crippen molar-refractivity contribution in [1.29, 1.82) is 0 Å². The smallest absolute Gasteiger partial charge is 0.289 e. The molecule has 100 valence electrons. The summed E-state index contributed by atoms with van der Waals surface area (Å²) >= 11 is 3.42. The molecular formula is C14H15BrN2O2. The summed E-state index contributed by atoms with van der Waals surface area (Å²) in [5.74, 6) is 0.392. The Hall–Kier alpha value is -1.33. The van der Waals surface area contributed by atoms with E-state index in [-0.39, 0.29) is 11.9 Å². The van der Waals surface area contributed by atoms with Gasteiger partial charge in [-0.1, -0.05) is 15.9 Å². The monoisotopic (exact) mass is 322 g/mol. The van der Waals surface area contributed by atoms with E-state index in [2.05, 4.69) is 21.2 Å². The van der Waals surface area contributed by atoms with Crippen molar-refractivity contribution in [2.24, 2.45) is 0 Å². The van der Waals surface area contributed by atoms with E-state index in [9.17, 15) is 4.79 Å². The number of nitrogens with one attached hydrogen (secondary N) is 1. The van der Waals surface area contributed by atoms with Crippen LogP contribution in [0.5, 0.6) is 0 Å². The number of rotatable bonds is 1. The van der Waals surface area contributed by atoms with Crippen molar-refractivity contribution in [1.82, 2.24) is 10.2 Å². The molecular weight excluding hydrogens is 308 g/mol. The zero-order chi connectivity index (χ0) is 13.4. The van der Waals surface area contributed by atoms with Crippen LogP contribution in [0.2, 0.25) is 0 Å². The van der Waals surface area contributed by atoms with E-state index >= 15 is 0 Å². The van der Waals surface area contributed by atoms with Crippen LogP contribution in [0.15, 0.2) is 33.2 Å². The lowest BCUT2D eigenvalue weighted by atomic mass is 10.2. The molecule has 1 aromatic carbocycles. The van der Waals surface area contributed by atoms with Crippen LogP contribution in [0.3, 0.4) is 0 Å². The molecule has 1 amide bonds. The quantitative estimate of drug-likeness (QED) is 0.877. The highest BCUT2D eigenvalue weighted by molar-refractivity contribution is 9.10. The van der Waals surface area contributed by atoms with E-state index in [1.807, 2.05) is 36.1 Å². The van der Waals surface area contributed by atoms with Gasteiger partial charge in [-0.2, -0.15) is 0 Å². The van der Waals surface area contributed by atoms with Crippen molar-refractivity contribution in [2.45, 2.75) is 13.0 Å². The molecule has 4 nitrogen and oxygen atoms in total. The molecule has 1 aliphatic heterocycles. The van der Waals surface area contributed by atoms with Crippen molar-refractivity contribution in [2.75, 3.05) is 19.6 Å². The van der Waals surface area contributed by atoms with E-state index < -0.39 is 0 Å². The summed E-state index contributed by atoms with van der Waals surface area (Å²) in [6, 6.07) is 7.75. The molecule has 1 fully saturated rings. The van der Waals surface area contributed by atoms with Gasteiger partial charge < -0.3 is 14.6 Å². The van der Waals surface area contributed by atoms with Crippen LogP contribution in [0.1, 0.15) is 17.5 Å². The number of halogens is 1. The number of fused-ring (bicyclic) bond motifs is 1. The van der Waals surface area contributed by atoms with Gasteiger partial charge in [0.1, 0.15) is 5.58 Å². The maximum atomic E-state index is 12.5. The predicted octanol–water partition coefficient (Wildman–Crippen LogP) is 2.63. The Balaban J connectivity index is 1.92. The van der Waals surface area contributed by atoms with Gasteiger partial charge in [0, 0.05) is 35.5 Å². The van der Waals surface area contributed by atoms with Crippen molar-refractivity contribution in [3.63, 3.8) is 0 Å². The van der Waals surface area contributed by atoms with E-state index in [0.29, 0.717) is 5.76 Å². The number of carbonyl (C=O) groups excluding carboxylic acids is 1. The highest BCUT2D eigenvalue weighted by Gasteiger charge is 2.26. The number of benzene rings is 1. The fourth-order valence-electron chi connectivity index (χ4n) is 2.40. The fraction of sp³-hybridized carbons (Fsp3) is 0.357. The van der Waals surface area contributed by atoms with Gasteiger partial charge in [-0.3, -0.25) is 4.79 Å². The summed E-state index contributed by atoms with van der Waals surface area (Å²) < 4.78 is 6.64. The Morgan fingerprint density at radius 3 is 3.11 bits per heavy atom. The van der Waals surface area contributed by atoms with E-state index in [4.69, 9.17) is 4.42 Å². The summed E-state index contributed by atoms with van der Waals surface area (Å²) in [7, 11) is 0. The molecule has 0 bridgehead atoms. The van der Waals surface area contributed by atoms with E-state index in [1.165, 1.54) is 0 Å². The maximum Gasteiger partial charge on any atom is 0.289 e. The summed E-state index contributed by atoms with van der Waals surface area (Å²) in [6.45, 7) is 4.43. The number of amides is 1. The van der Waals surface area contributed by atoms with Gasteiger partial charge in [-0.25, -0.2) is 0 Å². The van der Waals surface area contributed by atoms with Gasteiger partial charge in [-0.15, -0.1) is 0 Å². The lowest BCUT2D eigenvalue weighted by Crippen LogP contribution is -2.52. The normalized spacial score (nSPS) is 19.9. The number of piperazine rings is 1. The molecule has 0 saturated carbocycles. The van der Waals surface area contributed by atoms with Crippen LogP contribution in [0, 0.1) is 0 Å². The van der Waals surface area contributed by atoms with Gasteiger partial charge in [-0.05, 0) is 31.2 Å². The van der Waals surface area contributed by atoms with E-state index in [0.717, 1.165) is 35.1 Å². The first-order valence-corrected chi connectivity index (χ1v) is 7.15. The average molecular weight is 323 g/mol. The van der Waals surface area contributed by atoms with Crippen molar-refractivity contribution in [3.05, 3.63) is 34.5 Å². The lowest BCUT2D eigenvalue weighted by Gasteiger charge is -2.33. The largest absolute Gasteiger partial charge is 0.451 e. The average Bonchev–Trinajstić information content (AvgIpc) is 2.81. The fourth-order valence-corrected chi connectivity index (χ4v) is 2.78. The second kappa shape index (κ2) is 4.98. The van der Waals surface area contributed by atoms with Crippen molar-refractivity contribution < 1.29 is 9.21 Å². The van der Waals surface area contributed by atoms with Crippen LogP contribution < -0.4 is 5.32 Å². The first kappa shape index (κ1) is 12.7. The second-order valence-electron chi connectivity index (χ2n) is 4.84. The third-order valence-electron chi connectivity index (χ3n) is 3.45. The number of carbonyl (C=O) groups is 1. The van der Waals surface area contributed by atoms with Gasteiger partial charge in [0.25, 0.3) is 5.91 Å².